The first kappa shape index (κ1) is 20.3. The van der Waals surface area contributed by atoms with Crippen LogP contribution in [0.2, 0.25) is 0 Å². The monoisotopic (exact) mass is 391 g/mol. The first-order valence-corrected chi connectivity index (χ1v) is 9.61. The molecule has 150 valence electrons. The molecular formula is C22H25N5O2. The Bertz CT molecular complexity index is 1000. The molecule has 2 aromatic carbocycles. The van der Waals surface area contributed by atoms with Gasteiger partial charge in [0.1, 0.15) is 6.33 Å². The molecule has 0 atom stereocenters. The van der Waals surface area contributed by atoms with Crippen LogP contribution in [0, 0.1) is 17.0 Å². The fraction of sp³-hybridized carbons (Fsp3) is 0.273. The minimum atomic E-state index is -0.432. The maximum atomic E-state index is 12.0. The molecular weight excluding hydrogens is 366 g/mol. The highest BCUT2D eigenvalue weighted by atomic mass is 16.6. The Morgan fingerprint density at radius 2 is 1.86 bits per heavy atom. The number of anilines is 4. The normalized spacial score (nSPS) is 10.8. The largest absolute Gasteiger partial charge is 0.354 e. The average Bonchev–Trinajstić information content (AvgIpc) is 2.69. The molecule has 0 amide bonds. The van der Waals surface area contributed by atoms with Gasteiger partial charge >= 0.3 is 5.69 Å². The lowest BCUT2D eigenvalue weighted by atomic mass is 10.0. The van der Waals surface area contributed by atoms with Gasteiger partial charge in [0, 0.05) is 17.9 Å². The van der Waals surface area contributed by atoms with Gasteiger partial charge in [-0.25, -0.2) is 9.97 Å². The van der Waals surface area contributed by atoms with Crippen molar-refractivity contribution in [3.8, 4) is 0 Å². The quantitative estimate of drug-likeness (QED) is 0.410. The van der Waals surface area contributed by atoms with Crippen molar-refractivity contribution in [2.45, 2.75) is 33.6 Å². The number of aromatic nitrogens is 2. The van der Waals surface area contributed by atoms with E-state index in [-0.39, 0.29) is 17.3 Å². The van der Waals surface area contributed by atoms with Crippen molar-refractivity contribution in [2.24, 2.45) is 0 Å². The second kappa shape index (κ2) is 8.68. The Kier molecular flexibility index (Phi) is 6.07. The van der Waals surface area contributed by atoms with Gasteiger partial charge in [0.25, 0.3) is 0 Å². The third kappa shape index (κ3) is 4.51. The van der Waals surface area contributed by atoms with Gasteiger partial charge in [-0.05, 0) is 55.2 Å². The van der Waals surface area contributed by atoms with E-state index in [1.807, 2.05) is 67.3 Å². The average molecular weight is 391 g/mol. The smallest absolute Gasteiger partial charge is 0.334 e. The van der Waals surface area contributed by atoms with Crippen LogP contribution < -0.4 is 10.2 Å². The molecule has 3 rings (SSSR count). The zero-order valence-electron chi connectivity index (χ0n) is 17.1. The summed E-state index contributed by atoms with van der Waals surface area (Å²) in [5.74, 6) is 0.847. The van der Waals surface area contributed by atoms with Crippen molar-refractivity contribution >= 4 is 28.7 Å². The summed E-state index contributed by atoms with van der Waals surface area (Å²) in [4.78, 5) is 21.7. The van der Waals surface area contributed by atoms with Crippen LogP contribution in [0.4, 0.5) is 28.7 Å². The number of hydrogen-bond acceptors (Lipinski definition) is 6. The highest BCUT2D eigenvalue weighted by molar-refractivity contribution is 5.78. The zero-order chi connectivity index (χ0) is 21.0. The van der Waals surface area contributed by atoms with Crippen molar-refractivity contribution < 1.29 is 4.92 Å². The van der Waals surface area contributed by atoms with Gasteiger partial charge in [-0.1, -0.05) is 38.1 Å². The molecule has 0 bridgehead atoms. The van der Waals surface area contributed by atoms with Gasteiger partial charge in [-0.3, -0.25) is 10.1 Å². The predicted molar refractivity (Wildman–Crippen MR) is 116 cm³/mol. The number of hydrogen-bond donors (Lipinski definition) is 1. The van der Waals surface area contributed by atoms with E-state index in [1.165, 1.54) is 11.9 Å². The number of benzene rings is 2. The Labute approximate surface area is 170 Å². The highest BCUT2D eigenvalue weighted by Crippen LogP contribution is 2.37. The summed E-state index contributed by atoms with van der Waals surface area (Å²) in [6.07, 6.45) is 1.35. The summed E-state index contributed by atoms with van der Waals surface area (Å²) >= 11 is 0. The SMILES string of the molecule is CCN(c1cccc(C)c1)c1ncnc(Nc2ccc(C(C)C)cc2)c1[N+](=O)[O-]. The fourth-order valence-corrected chi connectivity index (χ4v) is 3.17. The van der Waals surface area contributed by atoms with Crippen LogP contribution in [-0.4, -0.2) is 21.4 Å². The second-order valence-corrected chi connectivity index (χ2v) is 7.14. The van der Waals surface area contributed by atoms with Crippen LogP contribution in [0.15, 0.2) is 54.9 Å². The van der Waals surface area contributed by atoms with Crippen LogP contribution in [0.5, 0.6) is 0 Å². The summed E-state index contributed by atoms with van der Waals surface area (Å²) in [5.41, 5.74) is 3.71. The molecule has 7 nitrogen and oxygen atoms in total. The molecule has 0 aliphatic carbocycles. The molecule has 1 aromatic heterocycles. The molecule has 3 aromatic rings. The second-order valence-electron chi connectivity index (χ2n) is 7.14. The molecule has 0 radical (unpaired) electrons. The van der Waals surface area contributed by atoms with E-state index in [2.05, 4.69) is 29.1 Å². The number of nitro groups is 1. The van der Waals surface area contributed by atoms with Gasteiger partial charge in [-0.15, -0.1) is 0 Å². The topological polar surface area (TPSA) is 84.2 Å². The van der Waals surface area contributed by atoms with E-state index in [9.17, 15) is 10.1 Å². The molecule has 0 unspecified atom stereocenters. The van der Waals surface area contributed by atoms with Gasteiger partial charge in [0.15, 0.2) is 0 Å². The predicted octanol–water partition coefficient (Wildman–Crippen LogP) is 5.72. The number of nitrogens with zero attached hydrogens (tertiary/aromatic N) is 4. The standard InChI is InChI=1S/C22H25N5O2/c1-5-26(19-8-6-7-16(4)13-19)22-20(27(28)29)21(23-14-24-22)25-18-11-9-17(10-12-18)15(2)3/h6-15H,5H2,1-4H3,(H,23,24,25). The number of nitrogens with one attached hydrogen (secondary N) is 1. The third-order valence-corrected chi connectivity index (χ3v) is 4.71. The summed E-state index contributed by atoms with van der Waals surface area (Å²) in [6, 6.07) is 15.6. The summed E-state index contributed by atoms with van der Waals surface area (Å²) in [6.45, 7) is 8.69. The van der Waals surface area contributed by atoms with E-state index in [0.717, 1.165) is 16.9 Å². The minimum Gasteiger partial charge on any atom is -0.334 e. The zero-order valence-corrected chi connectivity index (χ0v) is 17.1. The van der Waals surface area contributed by atoms with Crippen LogP contribution >= 0.6 is 0 Å². The first-order valence-electron chi connectivity index (χ1n) is 9.61. The van der Waals surface area contributed by atoms with Crippen molar-refractivity contribution in [3.63, 3.8) is 0 Å². The molecule has 0 saturated heterocycles. The van der Waals surface area contributed by atoms with Gasteiger partial charge in [-0.2, -0.15) is 0 Å². The Morgan fingerprint density at radius 3 is 2.45 bits per heavy atom. The highest BCUT2D eigenvalue weighted by Gasteiger charge is 2.27. The Morgan fingerprint density at radius 1 is 1.14 bits per heavy atom. The van der Waals surface area contributed by atoms with E-state index in [0.29, 0.717) is 12.5 Å². The molecule has 1 heterocycles. The fourth-order valence-electron chi connectivity index (χ4n) is 3.17. The van der Waals surface area contributed by atoms with Crippen molar-refractivity contribution in [3.05, 3.63) is 76.1 Å². The number of rotatable bonds is 7. The molecule has 0 saturated carbocycles. The molecule has 1 N–H and O–H groups in total. The maximum Gasteiger partial charge on any atom is 0.354 e. The van der Waals surface area contributed by atoms with Gasteiger partial charge in [0.05, 0.1) is 4.92 Å². The van der Waals surface area contributed by atoms with Crippen molar-refractivity contribution in [1.82, 2.24) is 9.97 Å². The lowest BCUT2D eigenvalue weighted by Gasteiger charge is -2.22. The molecule has 29 heavy (non-hydrogen) atoms. The first-order chi connectivity index (χ1) is 13.9. The lowest BCUT2D eigenvalue weighted by molar-refractivity contribution is -0.383. The lowest BCUT2D eigenvalue weighted by Crippen LogP contribution is -2.20. The van der Waals surface area contributed by atoms with Gasteiger partial charge < -0.3 is 10.2 Å². The summed E-state index contributed by atoms with van der Waals surface area (Å²) in [7, 11) is 0. The third-order valence-electron chi connectivity index (χ3n) is 4.71. The molecule has 0 aliphatic rings. The molecule has 0 fully saturated rings. The van der Waals surface area contributed by atoms with Crippen LogP contribution in [0.25, 0.3) is 0 Å². The molecule has 0 aliphatic heterocycles. The van der Waals surface area contributed by atoms with E-state index in [4.69, 9.17) is 0 Å². The van der Waals surface area contributed by atoms with E-state index < -0.39 is 4.92 Å². The van der Waals surface area contributed by atoms with Crippen LogP contribution in [0.1, 0.15) is 37.8 Å². The number of aryl methyl sites for hydroxylation is 1. The summed E-state index contributed by atoms with van der Waals surface area (Å²) in [5, 5.41) is 15.0. The van der Waals surface area contributed by atoms with E-state index >= 15 is 0 Å². The van der Waals surface area contributed by atoms with Crippen molar-refractivity contribution in [2.75, 3.05) is 16.8 Å². The van der Waals surface area contributed by atoms with E-state index in [1.54, 1.807) is 0 Å². The van der Waals surface area contributed by atoms with Crippen LogP contribution in [0.3, 0.4) is 0 Å². The maximum absolute atomic E-state index is 12.0. The minimum absolute atomic E-state index is 0.149. The Hall–Kier alpha value is -3.48. The summed E-state index contributed by atoms with van der Waals surface area (Å²) < 4.78 is 0. The molecule has 0 spiro atoms. The van der Waals surface area contributed by atoms with Gasteiger partial charge in [0.2, 0.25) is 11.6 Å². The molecule has 7 heteroatoms. The van der Waals surface area contributed by atoms with Crippen molar-refractivity contribution in [1.29, 1.82) is 0 Å². The Balaban J connectivity index is 2.02. The van der Waals surface area contributed by atoms with Crippen LogP contribution in [-0.2, 0) is 0 Å².